The lowest BCUT2D eigenvalue weighted by atomic mass is 9.97. The number of rotatable bonds is 3. The van der Waals surface area contributed by atoms with Gasteiger partial charge < -0.3 is 10.5 Å². The van der Waals surface area contributed by atoms with Crippen LogP contribution >= 0.6 is 0 Å². The van der Waals surface area contributed by atoms with Gasteiger partial charge in [-0.05, 0) is 41.0 Å². The molecule has 2 rings (SSSR count). The number of nitrogens with two attached hydrogens (primary N) is 1. The third-order valence-corrected chi connectivity index (χ3v) is 3.06. The molecule has 0 aliphatic rings. The fourth-order valence-electron chi connectivity index (χ4n) is 1.97. The average molecular weight is 281 g/mol. The van der Waals surface area contributed by atoms with Crippen molar-refractivity contribution in [2.75, 3.05) is 7.11 Å². The van der Waals surface area contributed by atoms with Crippen molar-refractivity contribution in [2.45, 2.75) is 12.7 Å². The molecule has 2 aromatic rings. The van der Waals surface area contributed by atoms with Gasteiger partial charge in [0.15, 0.2) is 0 Å². The molecule has 20 heavy (non-hydrogen) atoms. The van der Waals surface area contributed by atoms with Crippen LogP contribution in [0.4, 0.5) is 13.2 Å². The number of methoxy groups -OCH3 is 1. The van der Waals surface area contributed by atoms with Crippen LogP contribution in [0.25, 0.3) is 11.1 Å². The number of alkyl halides is 3. The molecule has 5 heteroatoms. The highest BCUT2D eigenvalue weighted by molar-refractivity contribution is 5.69. The minimum atomic E-state index is -4.37. The highest BCUT2D eigenvalue weighted by Gasteiger charge is 2.31. The van der Waals surface area contributed by atoms with Crippen LogP contribution in [0.5, 0.6) is 5.75 Å². The summed E-state index contributed by atoms with van der Waals surface area (Å²) in [4.78, 5) is 0. The van der Waals surface area contributed by atoms with Crippen molar-refractivity contribution in [1.29, 1.82) is 0 Å². The van der Waals surface area contributed by atoms with Crippen molar-refractivity contribution in [3.63, 3.8) is 0 Å². The zero-order valence-corrected chi connectivity index (χ0v) is 10.9. The molecule has 0 saturated heterocycles. The van der Waals surface area contributed by atoms with E-state index in [2.05, 4.69) is 0 Å². The van der Waals surface area contributed by atoms with Crippen molar-refractivity contribution >= 4 is 0 Å². The van der Waals surface area contributed by atoms with Crippen molar-refractivity contribution in [1.82, 2.24) is 0 Å². The highest BCUT2D eigenvalue weighted by atomic mass is 19.4. The summed E-state index contributed by atoms with van der Waals surface area (Å²) in [5.41, 5.74) is 6.76. The first-order valence-corrected chi connectivity index (χ1v) is 6.00. The lowest BCUT2D eigenvalue weighted by molar-refractivity contribution is -0.137. The summed E-state index contributed by atoms with van der Waals surface area (Å²) >= 11 is 0. The quantitative estimate of drug-likeness (QED) is 0.927. The summed E-state index contributed by atoms with van der Waals surface area (Å²) in [6.45, 7) is 0.180. The van der Waals surface area contributed by atoms with Crippen molar-refractivity contribution in [2.24, 2.45) is 5.73 Å². The summed E-state index contributed by atoms with van der Waals surface area (Å²) in [7, 11) is 1.53. The summed E-state index contributed by atoms with van der Waals surface area (Å²) in [5, 5.41) is 0. The molecule has 0 saturated carbocycles. The van der Waals surface area contributed by atoms with E-state index in [1.165, 1.54) is 13.2 Å². The number of benzene rings is 2. The molecule has 106 valence electrons. The normalized spacial score (nSPS) is 11.4. The summed E-state index contributed by atoms with van der Waals surface area (Å²) < 4.78 is 43.4. The molecule has 0 radical (unpaired) electrons. The van der Waals surface area contributed by atoms with Gasteiger partial charge in [0.2, 0.25) is 0 Å². The molecule has 0 heterocycles. The van der Waals surface area contributed by atoms with Crippen LogP contribution in [-0.2, 0) is 12.7 Å². The fraction of sp³-hybridized carbons (Fsp3) is 0.200. The third kappa shape index (κ3) is 2.93. The van der Waals surface area contributed by atoms with E-state index in [4.69, 9.17) is 10.5 Å². The molecule has 0 spiro atoms. The Kier molecular flexibility index (Phi) is 3.99. The predicted molar refractivity (Wildman–Crippen MR) is 71.3 cm³/mol. The van der Waals surface area contributed by atoms with Crippen molar-refractivity contribution < 1.29 is 17.9 Å². The number of hydrogen-bond donors (Lipinski definition) is 1. The predicted octanol–water partition coefficient (Wildman–Crippen LogP) is 3.84. The van der Waals surface area contributed by atoms with Gasteiger partial charge >= 0.3 is 6.18 Å². The van der Waals surface area contributed by atoms with Crippen molar-refractivity contribution in [3.05, 3.63) is 53.6 Å². The van der Waals surface area contributed by atoms with Gasteiger partial charge in [0, 0.05) is 6.54 Å². The van der Waals surface area contributed by atoms with Crippen molar-refractivity contribution in [3.8, 4) is 16.9 Å². The van der Waals surface area contributed by atoms with E-state index in [1.54, 1.807) is 24.3 Å². The highest BCUT2D eigenvalue weighted by Crippen LogP contribution is 2.34. The van der Waals surface area contributed by atoms with Crippen LogP contribution in [0.2, 0.25) is 0 Å². The van der Waals surface area contributed by atoms with Gasteiger partial charge in [0.05, 0.1) is 12.7 Å². The molecule has 0 bridgehead atoms. The molecule has 0 aliphatic heterocycles. The van der Waals surface area contributed by atoms with E-state index in [1.807, 2.05) is 0 Å². The molecule has 0 unspecified atom stereocenters. The van der Waals surface area contributed by atoms with E-state index in [-0.39, 0.29) is 6.54 Å². The Morgan fingerprint density at radius 3 is 2.20 bits per heavy atom. The molecular weight excluding hydrogens is 267 g/mol. The Morgan fingerprint density at radius 2 is 1.70 bits per heavy atom. The summed E-state index contributed by atoms with van der Waals surface area (Å²) in [6.07, 6.45) is -4.37. The lowest BCUT2D eigenvalue weighted by Gasteiger charge is -2.13. The maximum absolute atomic E-state index is 12.8. The maximum Gasteiger partial charge on any atom is 0.416 e. The first-order chi connectivity index (χ1) is 9.45. The second-order valence-electron chi connectivity index (χ2n) is 4.30. The van der Waals surface area contributed by atoms with E-state index in [9.17, 15) is 13.2 Å². The second-order valence-corrected chi connectivity index (χ2v) is 4.30. The molecule has 0 aliphatic carbocycles. The Morgan fingerprint density at radius 1 is 1.05 bits per heavy atom. The van der Waals surface area contributed by atoms with E-state index in [0.717, 1.165) is 12.1 Å². The molecule has 2 nitrogen and oxygen atoms in total. The van der Waals surface area contributed by atoms with Gasteiger partial charge in [-0.1, -0.05) is 18.2 Å². The van der Waals surface area contributed by atoms with Gasteiger partial charge in [0.25, 0.3) is 0 Å². The number of halogens is 3. The Labute approximate surface area is 115 Å². The van der Waals surface area contributed by atoms with Crippen LogP contribution in [-0.4, -0.2) is 7.11 Å². The summed E-state index contributed by atoms with van der Waals surface area (Å²) in [5.74, 6) is 0.648. The Balaban J connectivity index is 2.52. The van der Waals surface area contributed by atoms with Crippen LogP contribution in [0, 0.1) is 0 Å². The Hall–Kier alpha value is -2.01. The molecule has 2 N–H and O–H groups in total. The molecular formula is C15H14F3NO. The lowest BCUT2D eigenvalue weighted by Crippen LogP contribution is -2.07. The first kappa shape index (κ1) is 14.4. The standard InChI is InChI=1S/C15H14F3NO/c1-20-13-6-3-10(4-7-13)14-8-12(15(16,17)18)5-2-11(14)9-19/h2-8H,9,19H2,1H3. The smallest absolute Gasteiger partial charge is 0.416 e. The molecule has 0 amide bonds. The molecule has 2 aromatic carbocycles. The largest absolute Gasteiger partial charge is 0.497 e. The van der Waals surface area contributed by atoms with Crippen LogP contribution in [0.3, 0.4) is 0 Å². The molecule has 0 atom stereocenters. The number of hydrogen-bond acceptors (Lipinski definition) is 2. The van der Waals surface area contributed by atoms with Gasteiger partial charge in [0.1, 0.15) is 5.75 Å². The van der Waals surface area contributed by atoms with Gasteiger partial charge in [-0.2, -0.15) is 13.2 Å². The average Bonchev–Trinajstić information content (AvgIpc) is 2.45. The Bertz CT molecular complexity index is 591. The van der Waals surface area contributed by atoms with Gasteiger partial charge in [-0.15, -0.1) is 0 Å². The fourth-order valence-corrected chi connectivity index (χ4v) is 1.97. The van der Waals surface area contributed by atoms with E-state index < -0.39 is 11.7 Å². The first-order valence-electron chi connectivity index (χ1n) is 6.00. The van der Waals surface area contributed by atoms with Crippen LogP contribution in [0.1, 0.15) is 11.1 Å². The second kappa shape index (κ2) is 5.54. The zero-order chi connectivity index (χ0) is 14.8. The maximum atomic E-state index is 12.8. The van der Waals surface area contributed by atoms with Crippen LogP contribution in [0.15, 0.2) is 42.5 Å². The van der Waals surface area contributed by atoms with Gasteiger partial charge in [-0.3, -0.25) is 0 Å². The zero-order valence-electron chi connectivity index (χ0n) is 10.9. The van der Waals surface area contributed by atoms with Gasteiger partial charge in [-0.25, -0.2) is 0 Å². The van der Waals surface area contributed by atoms with E-state index in [0.29, 0.717) is 22.4 Å². The molecule has 0 fully saturated rings. The third-order valence-electron chi connectivity index (χ3n) is 3.06. The molecule has 0 aromatic heterocycles. The topological polar surface area (TPSA) is 35.2 Å². The summed E-state index contributed by atoms with van der Waals surface area (Å²) in [6, 6.07) is 10.4. The van der Waals surface area contributed by atoms with Crippen LogP contribution < -0.4 is 10.5 Å². The SMILES string of the molecule is COc1ccc(-c2cc(C(F)(F)F)ccc2CN)cc1. The van der Waals surface area contributed by atoms with E-state index >= 15 is 0 Å². The number of ether oxygens (including phenoxy) is 1. The minimum absolute atomic E-state index is 0.180. The monoisotopic (exact) mass is 281 g/mol. The minimum Gasteiger partial charge on any atom is -0.497 e.